The van der Waals surface area contributed by atoms with Gasteiger partial charge in [-0.3, -0.25) is 10.1 Å². The summed E-state index contributed by atoms with van der Waals surface area (Å²) in [6, 6.07) is 5.79. The lowest BCUT2D eigenvalue weighted by Crippen LogP contribution is -1.99. The molecule has 70 valence electrons. The molecule has 0 aliphatic rings. The van der Waals surface area contributed by atoms with E-state index in [2.05, 4.69) is 0 Å². The van der Waals surface area contributed by atoms with Gasteiger partial charge in [-0.25, -0.2) is 0 Å². The zero-order chi connectivity index (χ0) is 9.84. The predicted molar refractivity (Wildman–Crippen MR) is 48.8 cm³/mol. The van der Waals surface area contributed by atoms with E-state index in [1.807, 2.05) is 0 Å². The molecule has 1 atom stereocenters. The van der Waals surface area contributed by atoms with Crippen molar-refractivity contribution in [2.75, 3.05) is 5.88 Å². The Morgan fingerprint density at radius 3 is 2.85 bits per heavy atom. The molecule has 13 heavy (non-hydrogen) atoms. The Morgan fingerprint density at radius 2 is 2.31 bits per heavy atom. The van der Waals surface area contributed by atoms with E-state index in [9.17, 15) is 15.2 Å². The van der Waals surface area contributed by atoms with E-state index in [4.69, 9.17) is 11.6 Å². The number of aliphatic hydroxyl groups excluding tert-OH is 1. The maximum atomic E-state index is 10.4. The van der Waals surface area contributed by atoms with Gasteiger partial charge in [-0.2, -0.15) is 0 Å². The van der Waals surface area contributed by atoms with Crippen LogP contribution in [0.3, 0.4) is 0 Å². The average Bonchev–Trinajstić information content (AvgIpc) is 2.17. The minimum absolute atomic E-state index is 0.0289. The quantitative estimate of drug-likeness (QED) is 0.461. The van der Waals surface area contributed by atoms with E-state index in [0.29, 0.717) is 5.56 Å². The molecule has 5 heteroatoms. The molecule has 0 heterocycles. The summed E-state index contributed by atoms with van der Waals surface area (Å²) >= 11 is 5.40. The smallest absolute Gasteiger partial charge is 0.269 e. The highest BCUT2D eigenvalue weighted by molar-refractivity contribution is 6.18. The maximum Gasteiger partial charge on any atom is 0.269 e. The van der Waals surface area contributed by atoms with Crippen LogP contribution >= 0.6 is 11.6 Å². The van der Waals surface area contributed by atoms with Crippen LogP contribution in [0.5, 0.6) is 0 Å². The molecule has 0 saturated carbocycles. The number of nitrogens with zero attached hydrogens (tertiary/aromatic N) is 1. The average molecular weight is 202 g/mol. The molecule has 0 bridgehead atoms. The maximum absolute atomic E-state index is 10.4. The van der Waals surface area contributed by atoms with Crippen molar-refractivity contribution in [2.24, 2.45) is 0 Å². The SMILES string of the molecule is O=[N+]([O-])c1cccc([C@@H](O)CCl)c1. The lowest BCUT2D eigenvalue weighted by atomic mass is 10.1. The molecular formula is C8H8ClNO3. The van der Waals surface area contributed by atoms with Gasteiger partial charge in [-0.1, -0.05) is 12.1 Å². The second-order valence-electron chi connectivity index (χ2n) is 2.52. The molecule has 4 nitrogen and oxygen atoms in total. The van der Waals surface area contributed by atoms with Crippen LogP contribution in [0.15, 0.2) is 24.3 Å². The van der Waals surface area contributed by atoms with Crippen molar-refractivity contribution >= 4 is 17.3 Å². The molecule has 0 amide bonds. The number of rotatable bonds is 3. The zero-order valence-electron chi connectivity index (χ0n) is 6.68. The first kappa shape index (κ1) is 9.95. The van der Waals surface area contributed by atoms with Gasteiger partial charge in [0.15, 0.2) is 0 Å². The first-order valence-corrected chi connectivity index (χ1v) is 4.17. The third-order valence-electron chi connectivity index (χ3n) is 1.61. The molecule has 0 unspecified atom stereocenters. The van der Waals surface area contributed by atoms with Crippen LogP contribution in [0.4, 0.5) is 5.69 Å². The minimum Gasteiger partial charge on any atom is -0.387 e. The summed E-state index contributed by atoms with van der Waals surface area (Å²) in [6.45, 7) is 0. The number of halogens is 1. The van der Waals surface area contributed by atoms with Gasteiger partial charge in [0.2, 0.25) is 0 Å². The summed E-state index contributed by atoms with van der Waals surface area (Å²) in [4.78, 5) is 9.85. The van der Waals surface area contributed by atoms with Crippen molar-refractivity contribution in [1.29, 1.82) is 0 Å². The summed E-state index contributed by atoms with van der Waals surface area (Å²) in [5.74, 6) is 0.0289. The summed E-state index contributed by atoms with van der Waals surface area (Å²) in [6.07, 6.45) is -0.846. The third kappa shape index (κ3) is 2.40. The van der Waals surface area contributed by atoms with E-state index < -0.39 is 11.0 Å². The normalized spacial score (nSPS) is 12.5. The highest BCUT2D eigenvalue weighted by Crippen LogP contribution is 2.19. The Bertz CT molecular complexity index is 316. The summed E-state index contributed by atoms with van der Waals surface area (Å²) in [5, 5.41) is 19.6. The van der Waals surface area contributed by atoms with Crippen molar-refractivity contribution in [1.82, 2.24) is 0 Å². The predicted octanol–water partition coefficient (Wildman–Crippen LogP) is 1.87. The second-order valence-corrected chi connectivity index (χ2v) is 2.83. The standard InChI is InChI=1S/C8H8ClNO3/c9-5-8(11)6-2-1-3-7(4-6)10(12)13/h1-4,8,11H,5H2/t8-/m0/s1. The number of nitro groups is 1. The monoisotopic (exact) mass is 201 g/mol. The highest BCUT2D eigenvalue weighted by Gasteiger charge is 2.10. The first-order chi connectivity index (χ1) is 6.15. The number of benzene rings is 1. The van der Waals surface area contributed by atoms with Gasteiger partial charge >= 0.3 is 0 Å². The van der Waals surface area contributed by atoms with Gasteiger partial charge in [0.05, 0.1) is 16.9 Å². The summed E-state index contributed by atoms with van der Waals surface area (Å²) in [5.41, 5.74) is 0.422. The van der Waals surface area contributed by atoms with E-state index >= 15 is 0 Å². The Kier molecular flexibility index (Phi) is 3.22. The molecule has 0 spiro atoms. The minimum atomic E-state index is -0.846. The van der Waals surface area contributed by atoms with Crippen LogP contribution in [0, 0.1) is 10.1 Å². The van der Waals surface area contributed by atoms with Gasteiger partial charge in [0, 0.05) is 12.1 Å². The Hall–Kier alpha value is -1.13. The molecule has 0 saturated heterocycles. The molecule has 0 aromatic heterocycles. The Balaban J connectivity index is 2.98. The number of nitro benzene ring substituents is 1. The molecule has 0 fully saturated rings. The van der Waals surface area contributed by atoms with Gasteiger partial charge in [0.1, 0.15) is 0 Å². The van der Waals surface area contributed by atoms with Gasteiger partial charge < -0.3 is 5.11 Å². The fraction of sp³-hybridized carbons (Fsp3) is 0.250. The van der Waals surface area contributed by atoms with E-state index in [-0.39, 0.29) is 11.6 Å². The van der Waals surface area contributed by atoms with Crippen LogP contribution in [-0.4, -0.2) is 15.9 Å². The first-order valence-electron chi connectivity index (χ1n) is 3.63. The molecular weight excluding hydrogens is 194 g/mol. The topological polar surface area (TPSA) is 63.4 Å². The largest absolute Gasteiger partial charge is 0.387 e. The summed E-state index contributed by atoms with van der Waals surface area (Å²) < 4.78 is 0. The number of alkyl halides is 1. The number of hydrogen-bond acceptors (Lipinski definition) is 3. The van der Waals surface area contributed by atoms with Crippen molar-refractivity contribution in [2.45, 2.75) is 6.10 Å². The molecule has 0 aliphatic carbocycles. The van der Waals surface area contributed by atoms with Gasteiger partial charge in [-0.15, -0.1) is 11.6 Å². The Labute approximate surface area is 79.9 Å². The highest BCUT2D eigenvalue weighted by atomic mass is 35.5. The van der Waals surface area contributed by atoms with E-state index in [0.717, 1.165) is 0 Å². The van der Waals surface area contributed by atoms with Crippen molar-refractivity contribution in [3.63, 3.8) is 0 Å². The second kappa shape index (κ2) is 4.20. The fourth-order valence-corrected chi connectivity index (χ4v) is 1.11. The summed E-state index contributed by atoms with van der Waals surface area (Å²) in [7, 11) is 0. The molecule has 1 N–H and O–H groups in total. The van der Waals surface area contributed by atoms with Crippen LogP contribution in [0.2, 0.25) is 0 Å². The number of non-ortho nitro benzene ring substituents is 1. The third-order valence-corrected chi connectivity index (χ3v) is 1.90. The van der Waals surface area contributed by atoms with Crippen LogP contribution in [0.1, 0.15) is 11.7 Å². The van der Waals surface area contributed by atoms with Gasteiger partial charge in [-0.05, 0) is 5.56 Å². The molecule has 1 rings (SSSR count). The molecule has 1 aromatic carbocycles. The lowest BCUT2D eigenvalue weighted by molar-refractivity contribution is -0.385. The number of aliphatic hydroxyl groups is 1. The fourth-order valence-electron chi connectivity index (χ4n) is 0.935. The molecule has 0 radical (unpaired) electrons. The zero-order valence-corrected chi connectivity index (χ0v) is 7.44. The molecule has 0 aliphatic heterocycles. The van der Waals surface area contributed by atoms with Crippen molar-refractivity contribution in [3.05, 3.63) is 39.9 Å². The van der Waals surface area contributed by atoms with Crippen molar-refractivity contribution in [3.8, 4) is 0 Å². The van der Waals surface area contributed by atoms with Crippen LogP contribution < -0.4 is 0 Å². The van der Waals surface area contributed by atoms with Crippen molar-refractivity contribution < 1.29 is 10.0 Å². The lowest BCUT2D eigenvalue weighted by Gasteiger charge is -2.05. The number of hydrogen-bond donors (Lipinski definition) is 1. The van der Waals surface area contributed by atoms with E-state index in [1.54, 1.807) is 6.07 Å². The van der Waals surface area contributed by atoms with Crippen LogP contribution in [0.25, 0.3) is 0 Å². The van der Waals surface area contributed by atoms with Gasteiger partial charge in [0.25, 0.3) is 5.69 Å². The van der Waals surface area contributed by atoms with Crippen LogP contribution in [-0.2, 0) is 0 Å². The Morgan fingerprint density at radius 1 is 1.62 bits per heavy atom. The van der Waals surface area contributed by atoms with E-state index in [1.165, 1.54) is 18.2 Å². The molecule has 1 aromatic rings.